The van der Waals surface area contributed by atoms with Crippen molar-refractivity contribution in [2.75, 3.05) is 17.7 Å². The molecule has 5 heteroatoms. The lowest BCUT2D eigenvalue weighted by Crippen LogP contribution is -2.18. The fraction of sp³-hybridized carbons (Fsp3) is 0.167. The van der Waals surface area contributed by atoms with Crippen molar-refractivity contribution in [2.24, 2.45) is 0 Å². The molecule has 0 bridgehead atoms. The van der Waals surface area contributed by atoms with Gasteiger partial charge in [0.25, 0.3) is 0 Å². The summed E-state index contributed by atoms with van der Waals surface area (Å²) in [6.07, 6.45) is 3.13. The van der Waals surface area contributed by atoms with Crippen molar-refractivity contribution in [3.63, 3.8) is 0 Å². The van der Waals surface area contributed by atoms with E-state index in [2.05, 4.69) is 9.97 Å². The van der Waals surface area contributed by atoms with Crippen LogP contribution in [0.1, 0.15) is 5.56 Å². The Balaban J connectivity index is 2.11. The molecule has 0 unspecified atom stereocenters. The molecule has 2 N–H and O–H groups in total. The molecule has 0 atom stereocenters. The molecule has 0 spiro atoms. The second kappa shape index (κ2) is 4.78. The Labute approximate surface area is 98.9 Å². The molecule has 1 heterocycles. The van der Waals surface area contributed by atoms with E-state index in [0.29, 0.717) is 18.2 Å². The maximum atomic E-state index is 12.7. The van der Waals surface area contributed by atoms with Gasteiger partial charge in [-0.25, -0.2) is 9.37 Å². The van der Waals surface area contributed by atoms with E-state index in [1.54, 1.807) is 18.3 Å². The van der Waals surface area contributed by atoms with Crippen LogP contribution in [0.3, 0.4) is 0 Å². The Morgan fingerprint density at radius 1 is 1.24 bits per heavy atom. The SMILES string of the molecule is CN(Cc1ccc(F)cc1)c1cncc(N)n1. The van der Waals surface area contributed by atoms with Gasteiger partial charge in [0.05, 0.1) is 12.4 Å². The van der Waals surface area contributed by atoms with Crippen LogP contribution in [0.2, 0.25) is 0 Å². The molecule has 4 nitrogen and oxygen atoms in total. The lowest BCUT2D eigenvalue weighted by molar-refractivity contribution is 0.627. The van der Waals surface area contributed by atoms with Gasteiger partial charge in [0, 0.05) is 13.6 Å². The van der Waals surface area contributed by atoms with Gasteiger partial charge in [-0.15, -0.1) is 0 Å². The summed E-state index contributed by atoms with van der Waals surface area (Å²) in [6.45, 7) is 0.623. The summed E-state index contributed by atoms with van der Waals surface area (Å²) >= 11 is 0. The van der Waals surface area contributed by atoms with E-state index >= 15 is 0 Å². The molecule has 2 rings (SSSR count). The quantitative estimate of drug-likeness (QED) is 0.877. The van der Waals surface area contributed by atoms with Gasteiger partial charge in [-0.05, 0) is 17.7 Å². The molecule has 0 aliphatic heterocycles. The minimum atomic E-state index is -0.236. The van der Waals surface area contributed by atoms with Gasteiger partial charge in [0.1, 0.15) is 17.5 Å². The number of halogens is 1. The van der Waals surface area contributed by atoms with Crippen LogP contribution >= 0.6 is 0 Å². The first-order valence-corrected chi connectivity index (χ1v) is 5.18. The summed E-state index contributed by atoms with van der Waals surface area (Å²) in [5.41, 5.74) is 6.56. The van der Waals surface area contributed by atoms with E-state index in [0.717, 1.165) is 5.56 Å². The standard InChI is InChI=1S/C12H13FN4/c1-17(12-7-15-6-11(14)16-12)8-9-2-4-10(13)5-3-9/h2-7H,8H2,1H3,(H2,14,16). The largest absolute Gasteiger partial charge is 0.382 e. The number of aromatic nitrogens is 2. The first kappa shape index (κ1) is 11.3. The molecule has 0 amide bonds. The van der Waals surface area contributed by atoms with Crippen molar-refractivity contribution >= 4 is 11.6 Å². The summed E-state index contributed by atoms with van der Waals surface area (Å²) < 4.78 is 12.7. The fourth-order valence-corrected chi connectivity index (χ4v) is 1.50. The molecule has 0 radical (unpaired) electrons. The fourth-order valence-electron chi connectivity index (χ4n) is 1.50. The third-order valence-corrected chi connectivity index (χ3v) is 2.36. The molecule has 0 aliphatic carbocycles. The van der Waals surface area contributed by atoms with Crippen molar-refractivity contribution in [3.8, 4) is 0 Å². The summed E-state index contributed by atoms with van der Waals surface area (Å²) in [7, 11) is 1.88. The molecule has 0 aliphatic rings. The highest BCUT2D eigenvalue weighted by atomic mass is 19.1. The lowest BCUT2D eigenvalue weighted by atomic mass is 10.2. The van der Waals surface area contributed by atoms with Crippen molar-refractivity contribution in [2.45, 2.75) is 6.54 Å². The number of nitrogens with two attached hydrogens (primary N) is 1. The van der Waals surface area contributed by atoms with E-state index in [1.807, 2.05) is 11.9 Å². The number of nitrogens with zero attached hydrogens (tertiary/aromatic N) is 3. The normalized spacial score (nSPS) is 10.2. The zero-order valence-corrected chi connectivity index (χ0v) is 9.47. The van der Waals surface area contributed by atoms with Crippen LogP contribution in [0.15, 0.2) is 36.7 Å². The molecule has 0 saturated heterocycles. The number of benzene rings is 1. The van der Waals surface area contributed by atoms with E-state index in [-0.39, 0.29) is 5.82 Å². The average molecular weight is 232 g/mol. The van der Waals surface area contributed by atoms with Gasteiger partial charge in [0.2, 0.25) is 0 Å². The Kier molecular flexibility index (Phi) is 3.18. The molecule has 1 aromatic heterocycles. The highest BCUT2D eigenvalue weighted by molar-refractivity contribution is 5.41. The summed E-state index contributed by atoms with van der Waals surface area (Å²) in [5, 5.41) is 0. The van der Waals surface area contributed by atoms with Crippen LogP contribution in [0.25, 0.3) is 0 Å². The summed E-state index contributed by atoms with van der Waals surface area (Å²) in [5.74, 6) is 0.836. The van der Waals surface area contributed by atoms with Crippen molar-refractivity contribution in [3.05, 3.63) is 48.0 Å². The minimum Gasteiger partial charge on any atom is -0.382 e. The van der Waals surface area contributed by atoms with E-state index < -0.39 is 0 Å². The van der Waals surface area contributed by atoms with Crippen LogP contribution in [0.5, 0.6) is 0 Å². The van der Waals surface area contributed by atoms with Crippen molar-refractivity contribution in [1.82, 2.24) is 9.97 Å². The first-order valence-electron chi connectivity index (χ1n) is 5.18. The van der Waals surface area contributed by atoms with Crippen LogP contribution in [-0.2, 0) is 6.54 Å². The molecule has 2 aromatic rings. The van der Waals surface area contributed by atoms with E-state index in [1.165, 1.54) is 18.3 Å². The first-order chi connectivity index (χ1) is 8.15. The Morgan fingerprint density at radius 3 is 2.59 bits per heavy atom. The highest BCUT2D eigenvalue weighted by Gasteiger charge is 2.04. The number of hydrogen-bond acceptors (Lipinski definition) is 4. The third kappa shape index (κ3) is 2.90. The molecular formula is C12H13FN4. The minimum absolute atomic E-state index is 0.236. The van der Waals surface area contributed by atoms with Gasteiger partial charge in [0.15, 0.2) is 0 Å². The van der Waals surface area contributed by atoms with Crippen LogP contribution in [0, 0.1) is 5.82 Å². The summed E-state index contributed by atoms with van der Waals surface area (Å²) in [4.78, 5) is 10.0. The number of anilines is 2. The summed E-state index contributed by atoms with van der Waals surface area (Å²) in [6, 6.07) is 6.36. The van der Waals surface area contributed by atoms with Crippen LogP contribution in [-0.4, -0.2) is 17.0 Å². The monoisotopic (exact) mass is 232 g/mol. The van der Waals surface area contributed by atoms with Gasteiger partial charge in [-0.1, -0.05) is 12.1 Å². The predicted molar refractivity (Wildman–Crippen MR) is 65.0 cm³/mol. The van der Waals surface area contributed by atoms with Gasteiger partial charge in [-0.3, -0.25) is 4.98 Å². The number of hydrogen-bond donors (Lipinski definition) is 1. The lowest BCUT2D eigenvalue weighted by Gasteiger charge is -2.17. The highest BCUT2D eigenvalue weighted by Crippen LogP contribution is 2.12. The maximum absolute atomic E-state index is 12.7. The van der Waals surface area contributed by atoms with Gasteiger partial charge < -0.3 is 10.6 Å². The average Bonchev–Trinajstić information content (AvgIpc) is 2.32. The molecule has 17 heavy (non-hydrogen) atoms. The zero-order chi connectivity index (χ0) is 12.3. The van der Waals surface area contributed by atoms with Gasteiger partial charge >= 0.3 is 0 Å². The number of rotatable bonds is 3. The van der Waals surface area contributed by atoms with Crippen LogP contribution < -0.4 is 10.6 Å². The van der Waals surface area contributed by atoms with Gasteiger partial charge in [-0.2, -0.15) is 0 Å². The topological polar surface area (TPSA) is 55.0 Å². The predicted octanol–water partition coefficient (Wildman–Crippen LogP) is 1.83. The zero-order valence-electron chi connectivity index (χ0n) is 9.47. The maximum Gasteiger partial charge on any atom is 0.149 e. The van der Waals surface area contributed by atoms with Crippen molar-refractivity contribution in [1.29, 1.82) is 0 Å². The molecule has 1 aromatic carbocycles. The second-order valence-corrected chi connectivity index (χ2v) is 3.78. The smallest absolute Gasteiger partial charge is 0.149 e. The van der Waals surface area contributed by atoms with Crippen molar-refractivity contribution < 1.29 is 4.39 Å². The Bertz CT molecular complexity index is 498. The second-order valence-electron chi connectivity index (χ2n) is 3.78. The Morgan fingerprint density at radius 2 is 1.94 bits per heavy atom. The van der Waals surface area contributed by atoms with E-state index in [4.69, 9.17) is 5.73 Å². The van der Waals surface area contributed by atoms with E-state index in [9.17, 15) is 4.39 Å². The third-order valence-electron chi connectivity index (χ3n) is 2.36. The molecule has 0 fully saturated rings. The molecule has 88 valence electrons. The molecular weight excluding hydrogens is 219 g/mol. The number of nitrogen functional groups attached to an aromatic ring is 1. The molecule has 0 saturated carbocycles. The Hall–Kier alpha value is -2.17. The van der Waals surface area contributed by atoms with Crippen LogP contribution in [0.4, 0.5) is 16.0 Å².